The summed E-state index contributed by atoms with van der Waals surface area (Å²) >= 11 is 5.75. The van der Waals surface area contributed by atoms with E-state index in [1.165, 1.54) is 0 Å². The van der Waals surface area contributed by atoms with Crippen LogP contribution in [-0.4, -0.2) is 10.4 Å². The van der Waals surface area contributed by atoms with Crippen molar-refractivity contribution in [2.24, 2.45) is 0 Å². The Labute approximate surface area is 92.3 Å². The van der Waals surface area contributed by atoms with Crippen LogP contribution in [0.25, 0.3) is 11.1 Å². The van der Waals surface area contributed by atoms with Crippen molar-refractivity contribution in [2.45, 2.75) is 19.9 Å². The van der Waals surface area contributed by atoms with Gasteiger partial charge in [0, 0.05) is 5.88 Å². The molecule has 2 rings (SSSR count). The molecule has 15 heavy (non-hydrogen) atoms. The summed E-state index contributed by atoms with van der Waals surface area (Å²) in [6, 6.07) is 5.64. The molecule has 1 aromatic carbocycles. The van der Waals surface area contributed by atoms with Crippen LogP contribution in [0, 0.1) is 6.92 Å². The van der Waals surface area contributed by atoms with Crippen LogP contribution in [0.1, 0.15) is 18.5 Å². The molecule has 4 heteroatoms. The highest BCUT2D eigenvalue weighted by atomic mass is 35.5. The molecule has 0 N–H and O–H groups in total. The average molecular weight is 226 g/mol. The molecule has 0 aliphatic carbocycles. The van der Waals surface area contributed by atoms with E-state index in [0.29, 0.717) is 11.5 Å². The molecule has 1 atom stereocenters. The highest BCUT2D eigenvalue weighted by molar-refractivity contribution is 6.18. The summed E-state index contributed by atoms with van der Waals surface area (Å²) in [6.07, 6.45) is 0. The van der Waals surface area contributed by atoms with Crippen molar-refractivity contribution in [2.75, 3.05) is 5.88 Å². The molecule has 0 bridgehead atoms. The Morgan fingerprint density at radius 3 is 2.93 bits per heavy atom. The Hall–Kier alpha value is -1.22. The number of halogens is 1. The maximum absolute atomic E-state index is 11.6. The number of aromatic nitrogens is 1. The summed E-state index contributed by atoms with van der Waals surface area (Å²) in [6.45, 7) is 3.85. The molecule has 0 fully saturated rings. The normalized spacial score (nSPS) is 13.3. The maximum Gasteiger partial charge on any atom is 0.420 e. The molecule has 3 nitrogen and oxygen atoms in total. The van der Waals surface area contributed by atoms with Gasteiger partial charge in [0.2, 0.25) is 0 Å². The molecule has 1 aromatic heterocycles. The molecular weight excluding hydrogens is 214 g/mol. The van der Waals surface area contributed by atoms with E-state index < -0.39 is 0 Å². The lowest BCUT2D eigenvalue weighted by atomic mass is 10.2. The van der Waals surface area contributed by atoms with Crippen molar-refractivity contribution in [3.05, 3.63) is 34.3 Å². The van der Waals surface area contributed by atoms with Gasteiger partial charge in [-0.3, -0.25) is 4.57 Å². The molecule has 0 amide bonds. The van der Waals surface area contributed by atoms with E-state index in [-0.39, 0.29) is 11.8 Å². The summed E-state index contributed by atoms with van der Waals surface area (Å²) in [4.78, 5) is 11.6. The van der Waals surface area contributed by atoms with Gasteiger partial charge >= 0.3 is 5.76 Å². The molecule has 0 aliphatic heterocycles. The van der Waals surface area contributed by atoms with Gasteiger partial charge in [-0.05, 0) is 31.5 Å². The zero-order valence-corrected chi connectivity index (χ0v) is 9.41. The molecule has 1 unspecified atom stereocenters. The molecule has 0 saturated carbocycles. The Bertz CT molecular complexity index is 541. The fraction of sp³-hybridized carbons (Fsp3) is 0.364. The molecule has 80 valence electrons. The van der Waals surface area contributed by atoms with Crippen LogP contribution >= 0.6 is 11.6 Å². The summed E-state index contributed by atoms with van der Waals surface area (Å²) in [7, 11) is 0. The van der Waals surface area contributed by atoms with E-state index in [0.717, 1.165) is 11.1 Å². The van der Waals surface area contributed by atoms with Crippen molar-refractivity contribution in [3.63, 3.8) is 0 Å². The van der Waals surface area contributed by atoms with Crippen molar-refractivity contribution >= 4 is 22.7 Å². The molecule has 1 heterocycles. The second kappa shape index (κ2) is 3.74. The number of hydrogen-bond acceptors (Lipinski definition) is 2. The highest BCUT2D eigenvalue weighted by Gasteiger charge is 2.13. The fourth-order valence-corrected chi connectivity index (χ4v) is 1.77. The number of alkyl halides is 1. The number of fused-ring (bicyclic) bond motifs is 1. The average Bonchev–Trinajstić information content (AvgIpc) is 2.52. The lowest BCUT2D eigenvalue weighted by Crippen LogP contribution is -2.19. The zero-order valence-electron chi connectivity index (χ0n) is 8.66. The number of benzene rings is 1. The summed E-state index contributed by atoms with van der Waals surface area (Å²) in [5.41, 5.74) is 2.50. The first-order valence-electron chi connectivity index (χ1n) is 4.81. The molecule has 0 radical (unpaired) electrons. The van der Waals surface area contributed by atoms with Gasteiger partial charge in [-0.25, -0.2) is 4.79 Å². The first-order chi connectivity index (χ1) is 7.13. The topological polar surface area (TPSA) is 35.1 Å². The second-order valence-electron chi connectivity index (χ2n) is 3.71. The summed E-state index contributed by atoms with van der Waals surface area (Å²) < 4.78 is 6.74. The summed E-state index contributed by atoms with van der Waals surface area (Å²) in [5, 5.41) is 0. The van der Waals surface area contributed by atoms with Gasteiger partial charge in [0.15, 0.2) is 5.58 Å². The number of aryl methyl sites for hydroxylation is 1. The van der Waals surface area contributed by atoms with Crippen LogP contribution in [0.4, 0.5) is 0 Å². The monoisotopic (exact) mass is 225 g/mol. The van der Waals surface area contributed by atoms with Gasteiger partial charge in [0.1, 0.15) is 0 Å². The Kier molecular flexibility index (Phi) is 2.57. The van der Waals surface area contributed by atoms with Gasteiger partial charge in [-0.1, -0.05) is 6.07 Å². The van der Waals surface area contributed by atoms with Gasteiger partial charge < -0.3 is 4.42 Å². The molecule has 0 saturated heterocycles. The highest BCUT2D eigenvalue weighted by Crippen LogP contribution is 2.18. The van der Waals surface area contributed by atoms with Crippen molar-refractivity contribution in [3.8, 4) is 0 Å². The molecule has 2 aromatic rings. The van der Waals surface area contributed by atoms with Gasteiger partial charge in [0.25, 0.3) is 0 Å². The minimum absolute atomic E-state index is 0.0527. The van der Waals surface area contributed by atoms with Gasteiger partial charge in [0.05, 0.1) is 11.6 Å². The first-order valence-corrected chi connectivity index (χ1v) is 5.34. The predicted molar refractivity (Wildman–Crippen MR) is 60.6 cm³/mol. The minimum atomic E-state index is -0.344. The first kappa shape index (κ1) is 10.3. The van der Waals surface area contributed by atoms with E-state index in [1.54, 1.807) is 4.57 Å². The van der Waals surface area contributed by atoms with Crippen LogP contribution < -0.4 is 5.76 Å². The molecule has 0 spiro atoms. The largest absolute Gasteiger partial charge is 0.420 e. The van der Waals surface area contributed by atoms with Crippen LogP contribution in [0.2, 0.25) is 0 Å². The lowest BCUT2D eigenvalue weighted by molar-refractivity contribution is 0.480. The third-order valence-electron chi connectivity index (χ3n) is 2.43. The molecular formula is C11H12ClNO2. The number of nitrogens with zero attached hydrogens (tertiary/aromatic N) is 1. The standard InChI is InChI=1S/C11H12ClNO2/c1-7-3-4-9-10(5-7)15-11(14)13(9)8(2)6-12/h3-5,8H,6H2,1-2H3. The molecule has 0 aliphatic rings. The van der Waals surface area contributed by atoms with Crippen molar-refractivity contribution in [1.29, 1.82) is 0 Å². The SMILES string of the molecule is Cc1ccc2c(c1)oc(=O)n2C(C)CCl. The van der Waals surface area contributed by atoms with E-state index >= 15 is 0 Å². The van der Waals surface area contributed by atoms with E-state index in [9.17, 15) is 4.79 Å². The number of hydrogen-bond donors (Lipinski definition) is 0. The van der Waals surface area contributed by atoms with E-state index in [4.69, 9.17) is 16.0 Å². The third-order valence-corrected chi connectivity index (χ3v) is 2.88. The Morgan fingerprint density at radius 2 is 2.27 bits per heavy atom. The summed E-state index contributed by atoms with van der Waals surface area (Å²) in [5.74, 6) is 0.0475. The Balaban J connectivity index is 2.74. The van der Waals surface area contributed by atoms with Crippen LogP contribution in [0.15, 0.2) is 27.4 Å². The smallest absolute Gasteiger partial charge is 0.408 e. The van der Waals surface area contributed by atoms with Crippen LogP contribution in [0.5, 0.6) is 0 Å². The van der Waals surface area contributed by atoms with Crippen LogP contribution in [0.3, 0.4) is 0 Å². The maximum atomic E-state index is 11.6. The van der Waals surface area contributed by atoms with Crippen molar-refractivity contribution < 1.29 is 4.42 Å². The number of rotatable bonds is 2. The number of oxazole rings is 1. The predicted octanol–water partition coefficient (Wildman–Crippen LogP) is 2.70. The van der Waals surface area contributed by atoms with Crippen molar-refractivity contribution in [1.82, 2.24) is 4.57 Å². The fourth-order valence-electron chi connectivity index (χ4n) is 1.63. The van der Waals surface area contributed by atoms with E-state index in [2.05, 4.69) is 0 Å². The second-order valence-corrected chi connectivity index (χ2v) is 4.02. The van der Waals surface area contributed by atoms with E-state index in [1.807, 2.05) is 32.0 Å². The minimum Gasteiger partial charge on any atom is -0.408 e. The third kappa shape index (κ3) is 1.67. The Morgan fingerprint density at radius 1 is 1.53 bits per heavy atom. The zero-order chi connectivity index (χ0) is 11.0. The van der Waals surface area contributed by atoms with Gasteiger partial charge in [-0.2, -0.15) is 0 Å². The van der Waals surface area contributed by atoms with Crippen LogP contribution in [-0.2, 0) is 0 Å². The lowest BCUT2D eigenvalue weighted by Gasteiger charge is -2.07. The van der Waals surface area contributed by atoms with Gasteiger partial charge in [-0.15, -0.1) is 11.6 Å². The quantitative estimate of drug-likeness (QED) is 0.737.